The zero-order valence-corrected chi connectivity index (χ0v) is 18.0. The van der Waals surface area contributed by atoms with E-state index in [9.17, 15) is 5.11 Å². The quantitative estimate of drug-likeness (QED) is 0.620. The van der Waals surface area contributed by atoms with Crippen LogP contribution in [-0.2, 0) is 4.43 Å². The van der Waals surface area contributed by atoms with Crippen LogP contribution in [0.5, 0.6) is 0 Å². The topological polar surface area (TPSA) is 29.5 Å². The van der Waals surface area contributed by atoms with Crippen molar-refractivity contribution in [1.29, 1.82) is 0 Å². The molecule has 0 aliphatic heterocycles. The van der Waals surface area contributed by atoms with E-state index in [0.29, 0.717) is 0 Å². The molecule has 1 aliphatic rings. The minimum absolute atomic E-state index is 0.0727. The molecule has 27 heavy (non-hydrogen) atoms. The highest BCUT2D eigenvalue weighted by Gasteiger charge is 2.53. The molecular formula is C24H32O2Si. The van der Waals surface area contributed by atoms with Crippen molar-refractivity contribution in [2.75, 3.05) is 0 Å². The van der Waals surface area contributed by atoms with Gasteiger partial charge in [-0.25, -0.2) is 0 Å². The van der Waals surface area contributed by atoms with Crippen molar-refractivity contribution in [3.05, 3.63) is 72.8 Å². The van der Waals surface area contributed by atoms with Gasteiger partial charge in [-0.1, -0.05) is 93.6 Å². The van der Waals surface area contributed by atoms with Gasteiger partial charge in [-0.2, -0.15) is 0 Å². The van der Waals surface area contributed by atoms with E-state index in [1.54, 1.807) is 0 Å². The Morgan fingerprint density at radius 2 is 1.44 bits per heavy atom. The molecule has 3 atom stereocenters. The largest absolute Gasteiger partial charge is 0.402 e. The molecule has 0 radical (unpaired) electrons. The molecule has 0 spiro atoms. The first-order valence-electron chi connectivity index (χ1n) is 9.89. The first kappa shape index (κ1) is 20.1. The molecule has 2 aromatic rings. The Labute approximate surface area is 165 Å². The van der Waals surface area contributed by atoms with Crippen LogP contribution in [0.1, 0.15) is 40.5 Å². The van der Waals surface area contributed by atoms with E-state index in [0.717, 1.165) is 18.4 Å². The van der Waals surface area contributed by atoms with Crippen LogP contribution in [0, 0.1) is 5.92 Å². The summed E-state index contributed by atoms with van der Waals surface area (Å²) < 4.78 is 7.08. The van der Waals surface area contributed by atoms with E-state index in [-0.39, 0.29) is 17.1 Å². The van der Waals surface area contributed by atoms with Crippen LogP contribution in [0.15, 0.2) is 72.8 Å². The van der Waals surface area contributed by atoms with Gasteiger partial charge in [0.05, 0.1) is 12.2 Å². The standard InChI is InChI=1S/C24H32O2Si/c1-18(2)21-16-17-22(23(21)25)26-27(24(3,4)5,19-12-8-6-9-13-19)20-14-10-7-11-15-20/h6-15,21-23,25H,1,16-17H2,2-5H3/t21-,22+,23-/m0/s1. The molecule has 0 aromatic heterocycles. The molecular weight excluding hydrogens is 348 g/mol. The van der Waals surface area contributed by atoms with Gasteiger partial charge < -0.3 is 9.53 Å². The van der Waals surface area contributed by atoms with E-state index in [4.69, 9.17) is 4.43 Å². The lowest BCUT2D eigenvalue weighted by molar-refractivity contribution is 0.0372. The molecule has 1 fully saturated rings. The summed E-state index contributed by atoms with van der Waals surface area (Å²) in [5, 5.41) is 13.4. The molecule has 3 heteroatoms. The van der Waals surface area contributed by atoms with Crippen molar-refractivity contribution < 1.29 is 9.53 Å². The summed E-state index contributed by atoms with van der Waals surface area (Å²) in [6.45, 7) is 12.9. The smallest absolute Gasteiger partial charge is 0.261 e. The molecule has 2 nitrogen and oxygen atoms in total. The van der Waals surface area contributed by atoms with Gasteiger partial charge >= 0.3 is 0 Å². The third-order valence-corrected chi connectivity index (χ3v) is 11.0. The number of benzene rings is 2. The number of aliphatic hydroxyl groups is 1. The second-order valence-corrected chi connectivity index (χ2v) is 13.1. The summed E-state index contributed by atoms with van der Waals surface area (Å²) in [6.07, 6.45) is 1.19. The van der Waals surface area contributed by atoms with Crippen molar-refractivity contribution in [3.63, 3.8) is 0 Å². The SMILES string of the molecule is C=C(C)[C@@H]1CC[C@@H](O[Si](c2ccccc2)(c2ccccc2)C(C)(C)C)[C@H]1O. The van der Waals surface area contributed by atoms with Gasteiger partial charge in [-0.05, 0) is 35.2 Å². The van der Waals surface area contributed by atoms with Gasteiger partial charge in [0.15, 0.2) is 0 Å². The molecule has 0 saturated heterocycles. The fourth-order valence-electron chi connectivity index (χ4n) is 4.53. The van der Waals surface area contributed by atoms with E-state index >= 15 is 0 Å². The summed E-state index contributed by atoms with van der Waals surface area (Å²) in [5.41, 5.74) is 1.05. The zero-order valence-electron chi connectivity index (χ0n) is 17.0. The Kier molecular flexibility index (Phi) is 5.75. The fourth-order valence-corrected chi connectivity index (χ4v) is 9.26. The van der Waals surface area contributed by atoms with Gasteiger partial charge in [-0.3, -0.25) is 0 Å². The van der Waals surface area contributed by atoms with Crippen molar-refractivity contribution in [3.8, 4) is 0 Å². The lowest BCUT2D eigenvalue weighted by Crippen LogP contribution is -2.68. The molecule has 0 bridgehead atoms. The first-order chi connectivity index (χ1) is 12.8. The first-order valence-corrected chi connectivity index (χ1v) is 11.8. The zero-order chi connectivity index (χ0) is 19.7. The molecule has 3 rings (SSSR count). The number of hydrogen-bond donors (Lipinski definition) is 1. The van der Waals surface area contributed by atoms with Crippen LogP contribution in [0.3, 0.4) is 0 Å². The lowest BCUT2D eigenvalue weighted by Gasteiger charge is -2.45. The van der Waals surface area contributed by atoms with Crippen molar-refractivity contribution >= 4 is 18.7 Å². The van der Waals surface area contributed by atoms with Crippen LogP contribution in [-0.4, -0.2) is 25.6 Å². The molecule has 0 heterocycles. The minimum Gasteiger partial charge on any atom is -0.402 e. The van der Waals surface area contributed by atoms with Crippen LogP contribution in [0.4, 0.5) is 0 Å². The second-order valence-electron chi connectivity index (χ2n) is 8.84. The minimum atomic E-state index is -2.61. The molecule has 144 valence electrons. The van der Waals surface area contributed by atoms with E-state index < -0.39 is 14.4 Å². The third-order valence-electron chi connectivity index (χ3n) is 5.93. The summed E-state index contributed by atoms with van der Waals surface area (Å²) in [6, 6.07) is 21.3. The summed E-state index contributed by atoms with van der Waals surface area (Å²) in [5.74, 6) is 0.133. The fraction of sp³-hybridized carbons (Fsp3) is 0.417. The van der Waals surface area contributed by atoms with E-state index in [1.807, 2.05) is 6.92 Å². The molecule has 1 N–H and O–H groups in total. The molecule has 2 aromatic carbocycles. The van der Waals surface area contributed by atoms with Gasteiger partial charge in [0.1, 0.15) is 0 Å². The Bertz CT molecular complexity index is 724. The lowest BCUT2D eigenvalue weighted by atomic mass is 9.98. The van der Waals surface area contributed by atoms with Crippen LogP contribution < -0.4 is 10.4 Å². The Balaban J connectivity index is 2.12. The highest BCUT2D eigenvalue weighted by atomic mass is 28.4. The van der Waals surface area contributed by atoms with Crippen molar-refractivity contribution in [1.82, 2.24) is 0 Å². The third kappa shape index (κ3) is 3.69. The van der Waals surface area contributed by atoms with Crippen LogP contribution in [0.2, 0.25) is 5.04 Å². The van der Waals surface area contributed by atoms with Gasteiger partial charge in [0.2, 0.25) is 0 Å². The molecule has 1 saturated carbocycles. The highest BCUT2D eigenvalue weighted by Crippen LogP contribution is 2.41. The van der Waals surface area contributed by atoms with Gasteiger partial charge in [0, 0.05) is 5.92 Å². The highest BCUT2D eigenvalue weighted by molar-refractivity contribution is 6.99. The Hall–Kier alpha value is -1.68. The maximum atomic E-state index is 11.0. The predicted octanol–water partition coefficient (Wildman–Crippen LogP) is 4.28. The maximum Gasteiger partial charge on any atom is 0.261 e. The monoisotopic (exact) mass is 380 g/mol. The second kappa shape index (κ2) is 7.74. The number of rotatable bonds is 5. The maximum absolute atomic E-state index is 11.0. The molecule has 0 amide bonds. The van der Waals surface area contributed by atoms with Crippen molar-refractivity contribution in [2.24, 2.45) is 5.92 Å². The predicted molar refractivity (Wildman–Crippen MR) is 116 cm³/mol. The van der Waals surface area contributed by atoms with E-state index in [1.165, 1.54) is 10.4 Å². The van der Waals surface area contributed by atoms with Gasteiger partial charge in [0.25, 0.3) is 8.32 Å². The Morgan fingerprint density at radius 1 is 0.963 bits per heavy atom. The van der Waals surface area contributed by atoms with Gasteiger partial charge in [-0.15, -0.1) is 0 Å². The van der Waals surface area contributed by atoms with Crippen LogP contribution in [0.25, 0.3) is 0 Å². The normalized spacial score (nSPS) is 23.4. The van der Waals surface area contributed by atoms with Crippen molar-refractivity contribution in [2.45, 2.75) is 57.8 Å². The van der Waals surface area contributed by atoms with Crippen LogP contribution >= 0.6 is 0 Å². The molecule has 1 aliphatic carbocycles. The summed E-state index contributed by atoms with van der Waals surface area (Å²) in [7, 11) is -2.61. The average Bonchev–Trinajstić information content (AvgIpc) is 3.00. The summed E-state index contributed by atoms with van der Waals surface area (Å²) >= 11 is 0. The molecule has 0 unspecified atom stereocenters. The Morgan fingerprint density at radius 3 is 1.81 bits per heavy atom. The average molecular weight is 381 g/mol. The van der Waals surface area contributed by atoms with E-state index in [2.05, 4.69) is 88.0 Å². The number of aliphatic hydroxyl groups excluding tert-OH is 1. The summed E-state index contributed by atoms with van der Waals surface area (Å²) in [4.78, 5) is 0. The number of hydrogen-bond acceptors (Lipinski definition) is 2.